The highest BCUT2D eigenvalue weighted by molar-refractivity contribution is 5.92. The van der Waals surface area contributed by atoms with Crippen LogP contribution < -0.4 is 15.8 Å². The van der Waals surface area contributed by atoms with E-state index in [0.29, 0.717) is 28.3 Å². The summed E-state index contributed by atoms with van der Waals surface area (Å²) in [7, 11) is 0. The topological polar surface area (TPSA) is 73.5 Å². The number of aryl methyl sites for hydroxylation is 1. The summed E-state index contributed by atoms with van der Waals surface area (Å²) < 4.78 is 25.7. The van der Waals surface area contributed by atoms with Crippen LogP contribution in [0.3, 0.4) is 0 Å². The van der Waals surface area contributed by atoms with Gasteiger partial charge in [-0.1, -0.05) is 30.3 Å². The van der Waals surface area contributed by atoms with Crippen LogP contribution in [0.4, 0.5) is 10.1 Å². The van der Waals surface area contributed by atoms with E-state index in [-0.39, 0.29) is 18.9 Å². The van der Waals surface area contributed by atoms with E-state index in [2.05, 4.69) is 5.32 Å². The highest BCUT2D eigenvalue weighted by Crippen LogP contribution is 2.29. The Balaban J connectivity index is 1.46. The number of para-hydroxylation sites is 4. The predicted molar refractivity (Wildman–Crippen MR) is 107 cm³/mol. The fourth-order valence-corrected chi connectivity index (χ4v) is 2.97. The van der Waals surface area contributed by atoms with Crippen molar-refractivity contribution in [2.24, 2.45) is 0 Å². The number of hydrogen-bond acceptors (Lipinski definition) is 4. The second kappa shape index (κ2) is 8.02. The SMILES string of the molecule is O=C(CCn1c(=O)oc2ccccc21)Nc1ccccc1Oc1cccc(F)c1. The van der Waals surface area contributed by atoms with E-state index in [1.165, 1.54) is 16.7 Å². The maximum Gasteiger partial charge on any atom is 0.419 e. The van der Waals surface area contributed by atoms with Crippen LogP contribution in [-0.2, 0) is 11.3 Å². The van der Waals surface area contributed by atoms with E-state index in [4.69, 9.17) is 9.15 Å². The summed E-state index contributed by atoms with van der Waals surface area (Å²) in [5.74, 6) is -0.506. The van der Waals surface area contributed by atoms with Crippen LogP contribution in [0, 0.1) is 5.82 Å². The third kappa shape index (κ3) is 4.19. The second-order valence-corrected chi connectivity index (χ2v) is 6.34. The van der Waals surface area contributed by atoms with Gasteiger partial charge in [-0.05, 0) is 36.4 Å². The van der Waals surface area contributed by atoms with Crippen LogP contribution in [0.15, 0.2) is 82.0 Å². The first-order valence-corrected chi connectivity index (χ1v) is 9.01. The normalized spacial score (nSPS) is 10.8. The molecular formula is C22H17FN2O4. The summed E-state index contributed by atoms with van der Waals surface area (Å²) in [6.07, 6.45) is 0.0672. The Labute approximate surface area is 165 Å². The number of ether oxygens (including phenoxy) is 1. The number of benzene rings is 3. The summed E-state index contributed by atoms with van der Waals surface area (Å²) in [6.45, 7) is 0.175. The van der Waals surface area contributed by atoms with Gasteiger partial charge in [-0.25, -0.2) is 9.18 Å². The number of rotatable bonds is 6. The van der Waals surface area contributed by atoms with Crippen molar-refractivity contribution in [3.63, 3.8) is 0 Å². The van der Waals surface area contributed by atoms with Crippen molar-refractivity contribution in [2.45, 2.75) is 13.0 Å². The molecule has 1 amide bonds. The highest BCUT2D eigenvalue weighted by atomic mass is 19.1. The summed E-state index contributed by atoms with van der Waals surface area (Å²) in [6, 6.07) is 19.7. The second-order valence-electron chi connectivity index (χ2n) is 6.34. The molecular weight excluding hydrogens is 375 g/mol. The number of hydrogen-bond donors (Lipinski definition) is 1. The molecule has 1 aromatic heterocycles. The van der Waals surface area contributed by atoms with Crippen LogP contribution in [0.25, 0.3) is 11.1 Å². The van der Waals surface area contributed by atoms with E-state index in [0.717, 1.165) is 0 Å². The van der Waals surface area contributed by atoms with Crippen molar-refractivity contribution in [1.82, 2.24) is 4.57 Å². The van der Waals surface area contributed by atoms with Crippen molar-refractivity contribution in [3.8, 4) is 11.5 Å². The monoisotopic (exact) mass is 392 g/mol. The molecule has 0 atom stereocenters. The van der Waals surface area contributed by atoms with Crippen molar-refractivity contribution in [2.75, 3.05) is 5.32 Å². The number of anilines is 1. The molecule has 0 saturated carbocycles. The van der Waals surface area contributed by atoms with Crippen LogP contribution in [0.2, 0.25) is 0 Å². The Morgan fingerprint density at radius 1 is 1.03 bits per heavy atom. The molecule has 0 fully saturated rings. The Kier molecular flexibility index (Phi) is 5.11. The van der Waals surface area contributed by atoms with Gasteiger partial charge in [0.1, 0.15) is 11.6 Å². The van der Waals surface area contributed by atoms with Crippen molar-refractivity contribution >= 4 is 22.7 Å². The van der Waals surface area contributed by atoms with Gasteiger partial charge in [0.25, 0.3) is 0 Å². The quantitative estimate of drug-likeness (QED) is 0.522. The van der Waals surface area contributed by atoms with Gasteiger partial charge in [-0.3, -0.25) is 9.36 Å². The van der Waals surface area contributed by atoms with E-state index < -0.39 is 11.6 Å². The van der Waals surface area contributed by atoms with Crippen LogP contribution in [0.5, 0.6) is 11.5 Å². The number of aromatic nitrogens is 1. The molecule has 0 aliphatic carbocycles. The Hall–Kier alpha value is -3.87. The van der Waals surface area contributed by atoms with E-state index in [1.807, 2.05) is 0 Å². The number of amides is 1. The molecule has 4 rings (SSSR count). The summed E-state index contributed by atoms with van der Waals surface area (Å²) in [5, 5.41) is 2.77. The number of fused-ring (bicyclic) bond motifs is 1. The number of oxazole rings is 1. The molecule has 6 nitrogen and oxygen atoms in total. The fourth-order valence-electron chi connectivity index (χ4n) is 2.97. The molecule has 3 aromatic carbocycles. The Bertz CT molecular complexity index is 1230. The minimum Gasteiger partial charge on any atom is -0.455 e. The maximum atomic E-state index is 13.4. The molecule has 0 saturated heterocycles. The first kappa shape index (κ1) is 18.5. The van der Waals surface area contributed by atoms with Gasteiger partial charge in [0, 0.05) is 19.0 Å². The zero-order valence-electron chi connectivity index (χ0n) is 15.3. The fraction of sp³-hybridized carbons (Fsp3) is 0.0909. The number of nitrogens with zero attached hydrogens (tertiary/aromatic N) is 1. The van der Waals surface area contributed by atoms with Gasteiger partial charge in [0.15, 0.2) is 11.3 Å². The molecule has 1 heterocycles. The van der Waals surface area contributed by atoms with Gasteiger partial charge in [0.2, 0.25) is 5.91 Å². The molecule has 0 aliphatic heterocycles. The number of halogens is 1. The lowest BCUT2D eigenvalue weighted by atomic mass is 10.2. The first-order valence-electron chi connectivity index (χ1n) is 9.01. The van der Waals surface area contributed by atoms with Crippen LogP contribution >= 0.6 is 0 Å². The molecule has 0 aliphatic rings. The molecule has 0 unspecified atom stereocenters. The minimum absolute atomic E-state index is 0.0672. The van der Waals surface area contributed by atoms with Gasteiger partial charge in [-0.15, -0.1) is 0 Å². The van der Waals surface area contributed by atoms with E-state index >= 15 is 0 Å². The lowest BCUT2D eigenvalue weighted by Gasteiger charge is -2.12. The molecule has 0 bridgehead atoms. The Morgan fingerprint density at radius 2 is 1.83 bits per heavy atom. The van der Waals surface area contributed by atoms with Crippen molar-refractivity contribution in [3.05, 3.63) is 89.2 Å². The molecule has 0 spiro atoms. The summed E-state index contributed by atoms with van der Waals surface area (Å²) >= 11 is 0. The van der Waals surface area contributed by atoms with E-state index in [1.54, 1.807) is 60.7 Å². The molecule has 7 heteroatoms. The van der Waals surface area contributed by atoms with E-state index in [9.17, 15) is 14.0 Å². The average Bonchev–Trinajstić information content (AvgIpc) is 3.03. The van der Waals surface area contributed by atoms with Gasteiger partial charge < -0.3 is 14.5 Å². The zero-order valence-corrected chi connectivity index (χ0v) is 15.3. The molecule has 29 heavy (non-hydrogen) atoms. The molecule has 146 valence electrons. The van der Waals surface area contributed by atoms with Crippen molar-refractivity contribution < 1.29 is 18.3 Å². The number of carbonyl (C=O) groups is 1. The third-order valence-corrected chi connectivity index (χ3v) is 4.32. The Morgan fingerprint density at radius 3 is 2.69 bits per heavy atom. The smallest absolute Gasteiger partial charge is 0.419 e. The standard InChI is InChI=1S/C22H17FN2O4/c23-15-6-5-7-16(14-15)28-19-10-3-1-8-17(19)24-21(26)12-13-25-18-9-2-4-11-20(18)29-22(25)27/h1-11,14H,12-13H2,(H,24,26). The zero-order chi connectivity index (χ0) is 20.2. The largest absolute Gasteiger partial charge is 0.455 e. The number of carbonyl (C=O) groups excluding carboxylic acids is 1. The maximum absolute atomic E-state index is 13.4. The van der Waals surface area contributed by atoms with Crippen LogP contribution in [0.1, 0.15) is 6.42 Å². The molecule has 1 N–H and O–H groups in total. The predicted octanol–water partition coefficient (Wildman–Crippen LogP) is 4.55. The van der Waals surface area contributed by atoms with Crippen molar-refractivity contribution in [1.29, 1.82) is 0 Å². The molecule has 0 radical (unpaired) electrons. The molecule has 4 aromatic rings. The van der Waals surface area contributed by atoms with Crippen LogP contribution in [-0.4, -0.2) is 10.5 Å². The average molecular weight is 392 g/mol. The lowest BCUT2D eigenvalue weighted by molar-refractivity contribution is -0.116. The van der Waals surface area contributed by atoms with Gasteiger partial charge in [-0.2, -0.15) is 0 Å². The number of nitrogens with one attached hydrogen (secondary N) is 1. The van der Waals surface area contributed by atoms with Gasteiger partial charge >= 0.3 is 5.76 Å². The van der Waals surface area contributed by atoms with Gasteiger partial charge in [0.05, 0.1) is 11.2 Å². The minimum atomic E-state index is -0.506. The highest BCUT2D eigenvalue weighted by Gasteiger charge is 2.12. The lowest BCUT2D eigenvalue weighted by Crippen LogP contribution is -2.20. The first-order chi connectivity index (χ1) is 14.1. The third-order valence-electron chi connectivity index (χ3n) is 4.32. The summed E-state index contributed by atoms with van der Waals surface area (Å²) in [5.41, 5.74) is 1.57. The summed E-state index contributed by atoms with van der Waals surface area (Å²) in [4.78, 5) is 24.4.